The first kappa shape index (κ1) is 11.7. The van der Waals surface area contributed by atoms with Crippen LogP contribution >= 0.6 is 11.3 Å². The lowest BCUT2D eigenvalue weighted by Gasteiger charge is -2.23. The van der Waals surface area contributed by atoms with Gasteiger partial charge in [0.1, 0.15) is 5.82 Å². The van der Waals surface area contributed by atoms with Crippen LogP contribution in [0, 0.1) is 0 Å². The van der Waals surface area contributed by atoms with E-state index < -0.39 is 0 Å². The van der Waals surface area contributed by atoms with E-state index in [0.717, 1.165) is 18.0 Å². The van der Waals surface area contributed by atoms with Crippen molar-refractivity contribution in [2.24, 2.45) is 0 Å². The van der Waals surface area contributed by atoms with E-state index in [0.29, 0.717) is 11.9 Å². The number of aromatic nitrogens is 3. The zero-order valence-electron chi connectivity index (χ0n) is 10.9. The Balaban J connectivity index is 1.79. The molecule has 1 fully saturated rings. The predicted octanol–water partition coefficient (Wildman–Crippen LogP) is 2.54. The van der Waals surface area contributed by atoms with Gasteiger partial charge in [-0.3, -0.25) is 0 Å². The van der Waals surface area contributed by atoms with E-state index in [2.05, 4.69) is 32.4 Å². The Kier molecular flexibility index (Phi) is 2.63. The van der Waals surface area contributed by atoms with Crippen molar-refractivity contribution in [2.75, 3.05) is 10.6 Å². The number of imidazole rings is 1. The summed E-state index contributed by atoms with van der Waals surface area (Å²) < 4.78 is 1.95. The molecule has 0 saturated heterocycles. The molecular formula is C14H15N5S. The summed E-state index contributed by atoms with van der Waals surface area (Å²) in [7, 11) is 0. The van der Waals surface area contributed by atoms with Crippen LogP contribution < -0.4 is 10.6 Å². The van der Waals surface area contributed by atoms with Crippen LogP contribution in [0.15, 0.2) is 36.1 Å². The minimum Gasteiger partial charge on any atom is -0.382 e. The molecule has 1 aliphatic carbocycles. The maximum atomic E-state index is 5.93. The van der Waals surface area contributed by atoms with E-state index in [1.807, 2.05) is 16.8 Å². The smallest absolute Gasteiger partial charge is 0.180 e. The van der Waals surface area contributed by atoms with E-state index in [4.69, 9.17) is 5.73 Å². The average Bonchev–Trinajstić information content (AvgIpc) is 2.96. The second-order valence-electron chi connectivity index (χ2n) is 5.09. The monoisotopic (exact) mass is 285 g/mol. The molecule has 2 N–H and O–H groups in total. The van der Waals surface area contributed by atoms with Gasteiger partial charge in [-0.25, -0.2) is 9.97 Å². The first-order chi connectivity index (χ1) is 9.81. The SMILES string of the molecule is Nc1cn2ccnc2c(N(Cc2cccs2)C2CC2)n1. The zero-order valence-corrected chi connectivity index (χ0v) is 11.8. The lowest BCUT2D eigenvalue weighted by Crippen LogP contribution is -2.26. The van der Waals surface area contributed by atoms with Crippen LogP contribution in [0.2, 0.25) is 0 Å². The highest BCUT2D eigenvalue weighted by molar-refractivity contribution is 7.09. The Hall–Kier alpha value is -2.08. The normalized spacial score (nSPS) is 14.8. The first-order valence-electron chi connectivity index (χ1n) is 6.69. The van der Waals surface area contributed by atoms with Gasteiger partial charge < -0.3 is 15.0 Å². The van der Waals surface area contributed by atoms with Gasteiger partial charge in [-0.05, 0) is 24.3 Å². The largest absolute Gasteiger partial charge is 0.382 e. The van der Waals surface area contributed by atoms with Crippen molar-refractivity contribution < 1.29 is 0 Å². The minimum absolute atomic E-state index is 0.530. The Morgan fingerprint density at radius 2 is 2.35 bits per heavy atom. The first-order valence-corrected chi connectivity index (χ1v) is 7.57. The molecule has 6 heteroatoms. The molecule has 1 saturated carbocycles. The number of fused-ring (bicyclic) bond motifs is 1. The zero-order chi connectivity index (χ0) is 13.5. The number of nitrogens with two attached hydrogens (primary N) is 1. The number of nitrogen functional groups attached to an aromatic ring is 1. The highest BCUT2D eigenvalue weighted by atomic mass is 32.1. The average molecular weight is 285 g/mol. The van der Waals surface area contributed by atoms with Gasteiger partial charge >= 0.3 is 0 Å². The fourth-order valence-corrected chi connectivity index (χ4v) is 3.16. The highest BCUT2D eigenvalue weighted by Gasteiger charge is 2.32. The minimum atomic E-state index is 0.530. The molecule has 5 nitrogen and oxygen atoms in total. The summed E-state index contributed by atoms with van der Waals surface area (Å²) in [6.45, 7) is 0.876. The molecule has 0 unspecified atom stereocenters. The third kappa shape index (κ3) is 2.02. The molecule has 3 heterocycles. The van der Waals surface area contributed by atoms with E-state index in [9.17, 15) is 0 Å². The molecule has 0 atom stereocenters. The van der Waals surface area contributed by atoms with Gasteiger partial charge in [0.2, 0.25) is 0 Å². The number of nitrogens with zero attached hydrogens (tertiary/aromatic N) is 4. The fraction of sp³-hybridized carbons (Fsp3) is 0.286. The van der Waals surface area contributed by atoms with Gasteiger partial charge in [0.25, 0.3) is 0 Å². The third-order valence-electron chi connectivity index (χ3n) is 3.54. The molecule has 0 spiro atoms. The van der Waals surface area contributed by atoms with Crippen molar-refractivity contribution in [3.8, 4) is 0 Å². The van der Waals surface area contributed by atoms with Crippen LogP contribution in [-0.4, -0.2) is 20.4 Å². The number of anilines is 2. The Morgan fingerprint density at radius 1 is 1.45 bits per heavy atom. The van der Waals surface area contributed by atoms with Crippen LogP contribution in [0.4, 0.5) is 11.6 Å². The number of hydrogen-bond acceptors (Lipinski definition) is 5. The molecule has 0 amide bonds. The van der Waals surface area contributed by atoms with Crippen molar-refractivity contribution in [3.63, 3.8) is 0 Å². The molecular weight excluding hydrogens is 270 g/mol. The van der Waals surface area contributed by atoms with Gasteiger partial charge in [0.05, 0.1) is 12.7 Å². The van der Waals surface area contributed by atoms with Gasteiger partial charge in [0, 0.05) is 23.3 Å². The van der Waals surface area contributed by atoms with E-state index >= 15 is 0 Å². The Morgan fingerprint density at radius 3 is 3.10 bits per heavy atom. The summed E-state index contributed by atoms with van der Waals surface area (Å²) in [5, 5.41) is 2.11. The van der Waals surface area contributed by atoms with Crippen LogP contribution in [0.25, 0.3) is 5.65 Å². The molecule has 102 valence electrons. The Labute approximate surface area is 120 Å². The van der Waals surface area contributed by atoms with Gasteiger partial charge in [-0.15, -0.1) is 11.3 Å². The van der Waals surface area contributed by atoms with Crippen LogP contribution in [-0.2, 0) is 6.54 Å². The second kappa shape index (κ2) is 4.49. The summed E-state index contributed by atoms with van der Waals surface area (Å²) >= 11 is 1.77. The standard InChI is InChI=1S/C14H15N5S/c15-12-9-18-6-5-16-13(18)14(17-12)19(10-3-4-10)8-11-2-1-7-20-11/h1-2,5-7,9-10H,3-4,8,15H2. The van der Waals surface area contributed by atoms with Crippen molar-refractivity contribution in [2.45, 2.75) is 25.4 Å². The third-order valence-corrected chi connectivity index (χ3v) is 4.40. The maximum absolute atomic E-state index is 5.93. The lowest BCUT2D eigenvalue weighted by molar-refractivity contribution is 0.786. The number of hydrogen-bond donors (Lipinski definition) is 1. The molecule has 4 rings (SSSR count). The van der Waals surface area contributed by atoms with Crippen LogP contribution in [0.5, 0.6) is 0 Å². The quantitative estimate of drug-likeness (QED) is 0.800. The summed E-state index contributed by atoms with van der Waals surface area (Å²) in [5.41, 5.74) is 6.81. The molecule has 3 aromatic rings. The van der Waals surface area contributed by atoms with E-state index in [-0.39, 0.29) is 0 Å². The molecule has 20 heavy (non-hydrogen) atoms. The topological polar surface area (TPSA) is 59.5 Å². The molecule has 1 aliphatic rings. The molecule has 0 aliphatic heterocycles. The van der Waals surface area contributed by atoms with Crippen molar-refractivity contribution in [3.05, 3.63) is 41.0 Å². The van der Waals surface area contributed by atoms with Crippen LogP contribution in [0.3, 0.4) is 0 Å². The van der Waals surface area contributed by atoms with Gasteiger partial charge in [-0.1, -0.05) is 6.07 Å². The van der Waals surface area contributed by atoms with E-state index in [1.54, 1.807) is 17.5 Å². The molecule has 3 aromatic heterocycles. The van der Waals surface area contributed by atoms with Crippen molar-refractivity contribution in [1.29, 1.82) is 0 Å². The highest BCUT2D eigenvalue weighted by Crippen LogP contribution is 2.34. The van der Waals surface area contributed by atoms with Crippen molar-refractivity contribution >= 4 is 28.6 Å². The number of rotatable bonds is 4. The maximum Gasteiger partial charge on any atom is 0.180 e. The second-order valence-corrected chi connectivity index (χ2v) is 6.12. The summed E-state index contributed by atoms with van der Waals surface area (Å²) in [6.07, 6.45) is 7.94. The summed E-state index contributed by atoms with van der Waals surface area (Å²) in [6, 6.07) is 4.81. The van der Waals surface area contributed by atoms with E-state index in [1.165, 1.54) is 17.7 Å². The molecule has 0 bridgehead atoms. The predicted molar refractivity (Wildman–Crippen MR) is 80.9 cm³/mol. The summed E-state index contributed by atoms with van der Waals surface area (Å²) in [4.78, 5) is 12.6. The van der Waals surface area contributed by atoms with Crippen LogP contribution in [0.1, 0.15) is 17.7 Å². The molecule has 0 radical (unpaired) electrons. The fourth-order valence-electron chi connectivity index (χ4n) is 2.46. The van der Waals surface area contributed by atoms with Gasteiger partial charge in [-0.2, -0.15) is 0 Å². The lowest BCUT2D eigenvalue weighted by atomic mass is 10.3. The number of thiophene rings is 1. The summed E-state index contributed by atoms with van der Waals surface area (Å²) in [5.74, 6) is 1.42. The molecule has 0 aromatic carbocycles. The van der Waals surface area contributed by atoms with Gasteiger partial charge in [0.15, 0.2) is 11.5 Å². The van der Waals surface area contributed by atoms with Crippen molar-refractivity contribution in [1.82, 2.24) is 14.4 Å². The Bertz CT molecular complexity index is 729.